The van der Waals surface area contributed by atoms with Gasteiger partial charge >= 0.3 is 0 Å². The van der Waals surface area contributed by atoms with E-state index in [1.165, 1.54) is 4.90 Å². The zero-order valence-electron chi connectivity index (χ0n) is 18.9. The van der Waals surface area contributed by atoms with Crippen LogP contribution in [0.2, 0.25) is 0 Å². The maximum Gasteiger partial charge on any atom is 0.264 e. The fourth-order valence-corrected chi connectivity index (χ4v) is 4.37. The Morgan fingerprint density at radius 3 is 2.03 bits per heavy atom. The molecule has 1 heterocycles. The van der Waals surface area contributed by atoms with Crippen LogP contribution in [0.4, 0.5) is 0 Å². The second kappa shape index (κ2) is 9.28. The van der Waals surface area contributed by atoms with Crippen LogP contribution in [-0.2, 0) is 16.9 Å². The second-order valence-electron chi connectivity index (χ2n) is 8.02. The first kappa shape index (κ1) is 22.3. The lowest BCUT2D eigenvalue weighted by molar-refractivity contribution is -0.130. The molecule has 2 N–H and O–H groups in total. The van der Waals surface area contributed by atoms with Crippen LogP contribution >= 0.6 is 0 Å². The fourth-order valence-electron chi connectivity index (χ4n) is 4.37. The topological polar surface area (TPSA) is 76.5 Å². The molecule has 0 bridgehead atoms. The summed E-state index contributed by atoms with van der Waals surface area (Å²) in [4.78, 5) is 29.9. The fraction of sp³-hybridized carbons (Fsp3) is 0.222. The Labute approximate surface area is 194 Å². The molecule has 33 heavy (non-hydrogen) atoms. The molecule has 1 fully saturated rings. The van der Waals surface area contributed by atoms with Crippen molar-refractivity contribution in [2.45, 2.75) is 25.9 Å². The molecule has 6 nitrogen and oxygen atoms in total. The molecule has 0 atom stereocenters. The Bertz CT molecular complexity index is 1120. The Morgan fingerprint density at radius 2 is 1.48 bits per heavy atom. The summed E-state index contributed by atoms with van der Waals surface area (Å²) in [6, 6.07) is 26.3. The standard InChI is InChI=1S/C27H28N4O2/c1-3-30(4-2)24(32)21-13-11-12-20(18-21)19-31-25(33)27(29-26(31)28,22-14-7-5-8-15-22)23-16-9-6-10-17-23/h5-18H,3-4,19H2,1-2H3,(H2,28,29). The van der Waals surface area contributed by atoms with Gasteiger partial charge in [-0.1, -0.05) is 72.8 Å². The minimum atomic E-state index is -1.17. The maximum atomic E-state index is 13.9. The van der Waals surface area contributed by atoms with Gasteiger partial charge in [0, 0.05) is 18.7 Å². The lowest BCUT2D eigenvalue weighted by atomic mass is 9.82. The maximum absolute atomic E-state index is 13.9. The van der Waals surface area contributed by atoms with Crippen LogP contribution < -0.4 is 5.32 Å². The molecule has 0 aromatic heterocycles. The van der Waals surface area contributed by atoms with Gasteiger partial charge in [-0.25, -0.2) is 0 Å². The SMILES string of the molecule is CCN(CC)C(=O)c1cccc(CN2C(=N)NC(c3ccccc3)(c3ccccc3)C2=O)c1. The van der Waals surface area contributed by atoms with Crippen LogP contribution in [0.1, 0.15) is 40.9 Å². The number of nitrogens with one attached hydrogen (secondary N) is 2. The van der Waals surface area contributed by atoms with E-state index < -0.39 is 5.54 Å². The summed E-state index contributed by atoms with van der Waals surface area (Å²) >= 11 is 0. The number of carbonyl (C=O) groups is 2. The van der Waals surface area contributed by atoms with E-state index in [2.05, 4.69) is 5.32 Å². The van der Waals surface area contributed by atoms with E-state index in [0.717, 1.165) is 16.7 Å². The molecule has 0 saturated carbocycles. The predicted octanol–water partition coefficient (Wildman–Crippen LogP) is 3.98. The highest BCUT2D eigenvalue weighted by Crippen LogP contribution is 2.36. The van der Waals surface area contributed by atoms with E-state index in [-0.39, 0.29) is 24.3 Å². The minimum Gasteiger partial charge on any atom is -0.339 e. The summed E-state index contributed by atoms with van der Waals surface area (Å²) in [6.45, 7) is 5.37. The van der Waals surface area contributed by atoms with Crippen LogP contribution in [0.5, 0.6) is 0 Å². The van der Waals surface area contributed by atoms with Crippen molar-refractivity contribution in [3.05, 3.63) is 107 Å². The Morgan fingerprint density at radius 1 is 0.909 bits per heavy atom. The van der Waals surface area contributed by atoms with E-state index in [1.807, 2.05) is 92.7 Å². The van der Waals surface area contributed by atoms with Gasteiger partial charge in [0.1, 0.15) is 0 Å². The molecule has 0 aliphatic carbocycles. The lowest BCUT2D eigenvalue weighted by Crippen LogP contribution is -2.45. The number of nitrogens with zero attached hydrogens (tertiary/aromatic N) is 2. The number of benzene rings is 3. The molecule has 6 heteroatoms. The van der Waals surface area contributed by atoms with Gasteiger partial charge in [-0.05, 0) is 42.7 Å². The Balaban J connectivity index is 1.69. The minimum absolute atomic E-state index is 0.0354. The van der Waals surface area contributed by atoms with Crippen molar-refractivity contribution >= 4 is 17.8 Å². The third-order valence-electron chi connectivity index (χ3n) is 6.12. The Kier molecular flexibility index (Phi) is 6.27. The second-order valence-corrected chi connectivity index (χ2v) is 8.02. The first-order valence-corrected chi connectivity index (χ1v) is 11.2. The molecule has 2 amide bonds. The molecule has 3 aromatic carbocycles. The molecule has 0 spiro atoms. The first-order valence-electron chi connectivity index (χ1n) is 11.2. The number of guanidine groups is 1. The van der Waals surface area contributed by atoms with Crippen molar-refractivity contribution in [1.82, 2.24) is 15.1 Å². The Hall–Kier alpha value is -3.93. The summed E-state index contributed by atoms with van der Waals surface area (Å²) in [5, 5.41) is 11.8. The van der Waals surface area contributed by atoms with Gasteiger partial charge in [0.25, 0.3) is 11.8 Å². The quantitative estimate of drug-likeness (QED) is 0.584. The summed E-state index contributed by atoms with van der Waals surface area (Å²) in [7, 11) is 0. The number of rotatable bonds is 7. The molecule has 0 radical (unpaired) electrons. The molecule has 1 aliphatic heterocycles. The summed E-state index contributed by atoms with van der Waals surface area (Å²) in [5.41, 5.74) is 1.76. The van der Waals surface area contributed by atoms with Crippen molar-refractivity contribution < 1.29 is 9.59 Å². The smallest absolute Gasteiger partial charge is 0.264 e. The molecule has 4 rings (SSSR count). The van der Waals surface area contributed by atoms with Crippen LogP contribution in [0.15, 0.2) is 84.9 Å². The molecule has 1 aliphatic rings. The average Bonchev–Trinajstić information content (AvgIpc) is 3.11. The van der Waals surface area contributed by atoms with E-state index in [9.17, 15) is 9.59 Å². The average molecular weight is 441 g/mol. The zero-order valence-corrected chi connectivity index (χ0v) is 18.9. The van der Waals surface area contributed by atoms with Crippen molar-refractivity contribution in [3.8, 4) is 0 Å². The number of hydrogen-bond acceptors (Lipinski definition) is 3. The van der Waals surface area contributed by atoms with Gasteiger partial charge < -0.3 is 10.2 Å². The van der Waals surface area contributed by atoms with Crippen LogP contribution in [-0.4, -0.2) is 40.7 Å². The first-order chi connectivity index (χ1) is 16.0. The summed E-state index contributed by atoms with van der Waals surface area (Å²) in [6.07, 6.45) is 0. The molecule has 1 saturated heterocycles. The van der Waals surface area contributed by atoms with Gasteiger partial charge in [-0.2, -0.15) is 0 Å². The van der Waals surface area contributed by atoms with E-state index in [0.29, 0.717) is 18.7 Å². The van der Waals surface area contributed by atoms with E-state index >= 15 is 0 Å². The highest BCUT2D eigenvalue weighted by Gasteiger charge is 2.52. The van der Waals surface area contributed by atoms with Gasteiger partial charge in [-0.15, -0.1) is 0 Å². The van der Waals surface area contributed by atoms with Gasteiger partial charge in [0.15, 0.2) is 11.5 Å². The van der Waals surface area contributed by atoms with Crippen LogP contribution in [0.3, 0.4) is 0 Å². The molecular formula is C27H28N4O2. The molecule has 168 valence electrons. The van der Waals surface area contributed by atoms with E-state index in [1.54, 1.807) is 11.0 Å². The predicted molar refractivity (Wildman–Crippen MR) is 129 cm³/mol. The summed E-state index contributed by atoms with van der Waals surface area (Å²) in [5.74, 6) is -0.218. The number of amides is 2. The monoisotopic (exact) mass is 440 g/mol. The highest BCUT2D eigenvalue weighted by atomic mass is 16.2. The molecular weight excluding hydrogens is 412 g/mol. The number of carbonyl (C=O) groups excluding carboxylic acids is 2. The van der Waals surface area contributed by atoms with Gasteiger partial charge in [-0.3, -0.25) is 19.9 Å². The molecule has 0 unspecified atom stereocenters. The highest BCUT2D eigenvalue weighted by molar-refractivity contribution is 6.10. The van der Waals surface area contributed by atoms with Crippen molar-refractivity contribution in [2.24, 2.45) is 0 Å². The summed E-state index contributed by atoms with van der Waals surface area (Å²) < 4.78 is 0. The normalized spacial score (nSPS) is 14.8. The van der Waals surface area contributed by atoms with E-state index in [4.69, 9.17) is 5.41 Å². The third kappa shape index (κ3) is 4.00. The lowest BCUT2D eigenvalue weighted by Gasteiger charge is -2.28. The zero-order chi connectivity index (χ0) is 23.4. The van der Waals surface area contributed by atoms with Crippen LogP contribution in [0, 0.1) is 5.41 Å². The van der Waals surface area contributed by atoms with Gasteiger partial charge in [0.2, 0.25) is 0 Å². The molecule has 3 aromatic rings. The van der Waals surface area contributed by atoms with Crippen molar-refractivity contribution in [3.63, 3.8) is 0 Å². The van der Waals surface area contributed by atoms with Crippen molar-refractivity contribution in [1.29, 1.82) is 5.41 Å². The van der Waals surface area contributed by atoms with Crippen molar-refractivity contribution in [2.75, 3.05) is 13.1 Å². The van der Waals surface area contributed by atoms with Gasteiger partial charge in [0.05, 0.1) is 6.54 Å². The number of hydrogen-bond donors (Lipinski definition) is 2. The van der Waals surface area contributed by atoms with Crippen LogP contribution in [0.25, 0.3) is 0 Å². The largest absolute Gasteiger partial charge is 0.339 e. The third-order valence-corrected chi connectivity index (χ3v) is 6.12.